The van der Waals surface area contributed by atoms with Crippen LogP contribution in [0.4, 0.5) is 5.69 Å². The van der Waals surface area contributed by atoms with Crippen molar-refractivity contribution in [2.45, 2.75) is 12.8 Å². The van der Waals surface area contributed by atoms with E-state index in [9.17, 15) is 14.4 Å². The highest BCUT2D eigenvalue weighted by Crippen LogP contribution is 2.10. The first-order chi connectivity index (χ1) is 10.5. The Labute approximate surface area is 133 Å². The van der Waals surface area contributed by atoms with Crippen molar-refractivity contribution >= 4 is 40.8 Å². The Hall–Kier alpha value is -2.48. The van der Waals surface area contributed by atoms with E-state index in [1.807, 2.05) is 0 Å². The number of anilines is 1. The zero-order valence-electron chi connectivity index (χ0n) is 12.3. The van der Waals surface area contributed by atoms with E-state index in [4.69, 9.17) is 12.2 Å². The van der Waals surface area contributed by atoms with Gasteiger partial charge in [-0.3, -0.25) is 14.4 Å². The topological polar surface area (TPSA) is 96.5 Å². The summed E-state index contributed by atoms with van der Waals surface area (Å²) in [5.41, 5.74) is 1.03. The van der Waals surface area contributed by atoms with E-state index in [1.165, 1.54) is 14.2 Å². The van der Waals surface area contributed by atoms with Gasteiger partial charge in [0, 0.05) is 24.7 Å². The average Bonchev–Trinajstić information content (AvgIpc) is 2.51. The number of rotatable bonds is 5. The Bertz CT molecular complexity index is 589. The zero-order valence-corrected chi connectivity index (χ0v) is 13.1. The predicted molar refractivity (Wildman–Crippen MR) is 85.4 cm³/mol. The number of ether oxygens (including phenoxy) is 1. The maximum atomic E-state index is 11.6. The summed E-state index contributed by atoms with van der Waals surface area (Å²) in [4.78, 5) is 34.0. The molecule has 2 amide bonds. The van der Waals surface area contributed by atoms with Crippen LogP contribution in [0.1, 0.15) is 23.2 Å². The van der Waals surface area contributed by atoms with Gasteiger partial charge in [-0.25, -0.2) is 0 Å². The summed E-state index contributed by atoms with van der Waals surface area (Å²) in [6.45, 7) is 0. The summed E-state index contributed by atoms with van der Waals surface area (Å²) >= 11 is 5.00. The van der Waals surface area contributed by atoms with Gasteiger partial charge in [-0.1, -0.05) is 6.07 Å². The minimum atomic E-state index is -0.465. The van der Waals surface area contributed by atoms with Gasteiger partial charge >= 0.3 is 5.97 Å². The molecule has 0 bridgehead atoms. The molecule has 0 radical (unpaired) electrons. The van der Waals surface area contributed by atoms with Gasteiger partial charge in [-0.15, -0.1) is 0 Å². The van der Waals surface area contributed by atoms with Crippen molar-refractivity contribution in [2.24, 2.45) is 0 Å². The fourth-order valence-electron chi connectivity index (χ4n) is 1.55. The number of carbonyl (C=O) groups is 3. The van der Waals surface area contributed by atoms with Gasteiger partial charge in [-0.05, 0) is 30.4 Å². The molecule has 8 heteroatoms. The van der Waals surface area contributed by atoms with Crippen LogP contribution >= 0.6 is 12.2 Å². The number of nitrogens with one attached hydrogen (secondary N) is 3. The van der Waals surface area contributed by atoms with Gasteiger partial charge < -0.3 is 20.7 Å². The molecule has 0 aliphatic rings. The second kappa shape index (κ2) is 8.73. The molecule has 0 heterocycles. The van der Waals surface area contributed by atoms with Crippen molar-refractivity contribution in [2.75, 3.05) is 19.5 Å². The van der Waals surface area contributed by atoms with Crippen LogP contribution in [0.25, 0.3) is 0 Å². The van der Waals surface area contributed by atoms with Gasteiger partial charge in [0.1, 0.15) is 0 Å². The summed E-state index contributed by atoms with van der Waals surface area (Å²) in [6.07, 6.45) is -0.0378. The van der Waals surface area contributed by atoms with Crippen LogP contribution in [0.5, 0.6) is 0 Å². The number of methoxy groups -OCH3 is 1. The van der Waals surface area contributed by atoms with Crippen LogP contribution in [0.2, 0.25) is 0 Å². The normalized spacial score (nSPS) is 9.55. The molecule has 0 aliphatic carbocycles. The Morgan fingerprint density at radius 2 is 1.95 bits per heavy atom. The smallest absolute Gasteiger partial charge is 0.306 e. The molecule has 22 heavy (non-hydrogen) atoms. The van der Waals surface area contributed by atoms with E-state index in [0.29, 0.717) is 11.3 Å². The quantitative estimate of drug-likeness (QED) is 0.548. The van der Waals surface area contributed by atoms with Crippen LogP contribution in [0.15, 0.2) is 24.3 Å². The van der Waals surface area contributed by atoms with Crippen LogP contribution in [-0.2, 0) is 14.3 Å². The molecular weight excluding hydrogens is 306 g/mol. The van der Waals surface area contributed by atoms with Crippen molar-refractivity contribution in [3.05, 3.63) is 29.8 Å². The summed E-state index contributed by atoms with van der Waals surface area (Å²) < 4.78 is 4.44. The zero-order chi connectivity index (χ0) is 16.5. The van der Waals surface area contributed by atoms with Crippen molar-refractivity contribution in [3.63, 3.8) is 0 Å². The molecule has 0 saturated carbocycles. The van der Waals surface area contributed by atoms with Crippen LogP contribution in [0.3, 0.4) is 0 Å². The van der Waals surface area contributed by atoms with E-state index in [1.54, 1.807) is 24.3 Å². The number of hydrogen-bond acceptors (Lipinski definition) is 5. The number of thiocarbonyl (C=S) groups is 1. The van der Waals surface area contributed by atoms with Gasteiger partial charge in [0.25, 0.3) is 5.91 Å². The van der Waals surface area contributed by atoms with E-state index in [-0.39, 0.29) is 23.9 Å². The van der Waals surface area contributed by atoms with E-state index in [2.05, 4.69) is 20.7 Å². The maximum Gasteiger partial charge on any atom is 0.306 e. The first kappa shape index (κ1) is 17.6. The fraction of sp³-hybridized carbons (Fsp3) is 0.286. The first-order valence-electron chi connectivity index (χ1n) is 6.46. The Kier molecular flexibility index (Phi) is 6.97. The standard InChI is InChI=1S/C14H17N3O4S/c1-15-13(20)9-4-3-5-10(8-9)16-14(22)17-11(18)6-7-12(19)21-2/h3-5,8H,6-7H2,1-2H3,(H,15,20)(H2,16,17,18,22). The average molecular weight is 323 g/mol. The molecule has 0 fully saturated rings. The lowest BCUT2D eigenvalue weighted by atomic mass is 10.2. The SMILES string of the molecule is CNC(=O)c1cccc(NC(=S)NC(=O)CCC(=O)OC)c1. The van der Waals surface area contributed by atoms with E-state index < -0.39 is 11.9 Å². The highest BCUT2D eigenvalue weighted by Gasteiger charge is 2.09. The van der Waals surface area contributed by atoms with Crippen molar-refractivity contribution < 1.29 is 19.1 Å². The van der Waals surface area contributed by atoms with Gasteiger partial charge in [0.15, 0.2) is 5.11 Å². The Morgan fingerprint density at radius 3 is 2.59 bits per heavy atom. The molecule has 1 aromatic rings. The number of hydrogen-bond donors (Lipinski definition) is 3. The van der Waals surface area contributed by atoms with Gasteiger partial charge in [-0.2, -0.15) is 0 Å². The van der Waals surface area contributed by atoms with Crippen molar-refractivity contribution in [1.29, 1.82) is 0 Å². The van der Waals surface area contributed by atoms with Gasteiger partial charge in [0.05, 0.1) is 13.5 Å². The molecule has 118 valence electrons. The molecule has 7 nitrogen and oxygen atoms in total. The van der Waals surface area contributed by atoms with Crippen LogP contribution in [0, 0.1) is 0 Å². The molecule has 0 aliphatic heterocycles. The number of amides is 2. The molecule has 0 atom stereocenters. The molecule has 1 aromatic carbocycles. The minimum Gasteiger partial charge on any atom is -0.469 e. The van der Waals surface area contributed by atoms with Crippen LogP contribution < -0.4 is 16.0 Å². The fourth-order valence-corrected chi connectivity index (χ4v) is 1.78. The molecule has 0 aromatic heterocycles. The maximum absolute atomic E-state index is 11.6. The molecular formula is C14H17N3O4S. The lowest BCUT2D eigenvalue weighted by Gasteiger charge is -2.10. The van der Waals surface area contributed by atoms with E-state index >= 15 is 0 Å². The number of carbonyl (C=O) groups excluding carboxylic acids is 3. The van der Waals surface area contributed by atoms with E-state index in [0.717, 1.165) is 0 Å². The third-order valence-electron chi connectivity index (χ3n) is 2.65. The number of benzene rings is 1. The highest BCUT2D eigenvalue weighted by molar-refractivity contribution is 7.80. The lowest BCUT2D eigenvalue weighted by Crippen LogP contribution is -2.34. The molecule has 3 N–H and O–H groups in total. The third-order valence-corrected chi connectivity index (χ3v) is 2.85. The van der Waals surface area contributed by atoms with Crippen molar-refractivity contribution in [3.8, 4) is 0 Å². The second-order valence-corrected chi connectivity index (χ2v) is 4.65. The molecule has 0 spiro atoms. The highest BCUT2D eigenvalue weighted by atomic mass is 32.1. The molecule has 0 saturated heterocycles. The van der Waals surface area contributed by atoms with Crippen molar-refractivity contribution in [1.82, 2.24) is 10.6 Å². The van der Waals surface area contributed by atoms with Crippen LogP contribution in [-0.4, -0.2) is 37.1 Å². The third kappa shape index (κ3) is 5.88. The Balaban J connectivity index is 2.53. The predicted octanol–water partition coefficient (Wildman–Crippen LogP) is 0.812. The summed E-state index contributed by atoms with van der Waals surface area (Å²) in [6, 6.07) is 6.65. The second-order valence-electron chi connectivity index (χ2n) is 4.24. The summed E-state index contributed by atoms with van der Waals surface area (Å²) in [5, 5.41) is 7.84. The first-order valence-corrected chi connectivity index (χ1v) is 6.87. The van der Waals surface area contributed by atoms with Gasteiger partial charge in [0.2, 0.25) is 5.91 Å². The molecule has 0 unspecified atom stereocenters. The minimum absolute atomic E-state index is 0.0168. The number of esters is 1. The Morgan fingerprint density at radius 1 is 1.23 bits per heavy atom. The largest absolute Gasteiger partial charge is 0.469 e. The monoisotopic (exact) mass is 323 g/mol. The summed E-state index contributed by atoms with van der Waals surface area (Å²) in [7, 11) is 2.79. The molecule has 1 rings (SSSR count). The summed E-state index contributed by atoms with van der Waals surface area (Å²) in [5.74, 6) is -1.09. The lowest BCUT2D eigenvalue weighted by molar-refractivity contribution is -0.142.